The predicted molar refractivity (Wildman–Crippen MR) is 342 cm³/mol. The number of ether oxygens (including phenoxy) is 1. The maximum atomic E-state index is 10.4. The van der Waals surface area contributed by atoms with Crippen LogP contribution < -0.4 is 14.5 Å². The van der Waals surface area contributed by atoms with Crippen LogP contribution in [-0.4, -0.2) is 16.2 Å². The van der Waals surface area contributed by atoms with Crippen LogP contribution in [0.15, 0.2) is 218 Å². The van der Waals surface area contributed by atoms with Crippen LogP contribution in [0.5, 0.6) is 11.5 Å². The minimum absolute atomic E-state index is 0.00109. The quantitative estimate of drug-likeness (QED) is 0.144. The Morgan fingerprint density at radius 3 is 1.86 bits per heavy atom. The summed E-state index contributed by atoms with van der Waals surface area (Å²) in [6.07, 6.45) is 3.16. The highest BCUT2D eigenvalue weighted by Crippen LogP contribution is 2.54. The molecule has 0 saturated carbocycles. The van der Waals surface area contributed by atoms with Crippen LogP contribution >= 0.6 is 0 Å². The first-order valence-corrected chi connectivity index (χ1v) is 27.9. The Balaban J connectivity index is 0.957. The number of fused-ring (bicyclic) bond motifs is 5. The van der Waals surface area contributed by atoms with Crippen molar-refractivity contribution in [1.82, 2.24) is 9.55 Å². The van der Waals surface area contributed by atoms with E-state index in [0.29, 0.717) is 51.3 Å². The van der Waals surface area contributed by atoms with Crippen molar-refractivity contribution in [2.45, 2.75) is 104 Å². The molecular weight excluding hydrogens is 985 g/mol. The third-order valence-electron chi connectivity index (χ3n) is 16.5. The Kier molecular flexibility index (Phi) is 9.57. The van der Waals surface area contributed by atoms with Gasteiger partial charge < -0.3 is 14.5 Å². The summed E-state index contributed by atoms with van der Waals surface area (Å²) >= 11 is 0. The van der Waals surface area contributed by atoms with Crippen molar-refractivity contribution in [1.29, 1.82) is 0 Å². The van der Waals surface area contributed by atoms with Gasteiger partial charge in [0, 0.05) is 51.5 Å². The fraction of sp³-hybridized carbons (Fsp3) is 0.224. The average Bonchev–Trinajstić information content (AvgIpc) is 1.68. The topological polar surface area (TPSA) is 33.5 Å². The predicted octanol–water partition coefficient (Wildman–Crippen LogP) is 20.8. The lowest BCUT2D eigenvalue weighted by atomic mass is 9.63. The molecule has 1 aliphatic carbocycles. The molecule has 0 amide bonds. The van der Waals surface area contributed by atoms with Gasteiger partial charge in [-0.1, -0.05) is 209 Å². The molecule has 2 aromatic heterocycles. The second-order valence-electron chi connectivity index (χ2n) is 25.0. The number of pyridine rings is 1. The summed E-state index contributed by atoms with van der Waals surface area (Å²) < 4.78 is 118. The van der Waals surface area contributed by atoms with Crippen molar-refractivity contribution in [2.24, 2.45) is 0 Å². The molecule has 2 aliphatic rings. The third kappa shape index (κ3) is 9.37. The minimum Gasteiger partial charge on any atom is -0.457 e. The van der Waals surface area contributed by atoms with E-state index in [4.69, 9.17) is 19.3 Å². The first-order chi connectivity index (χ1) is 43.9. The van der Waals surface area contributed by atoms with Gasteiger partial charge in [0.25, 0.3) is 0 Å². The maximum absolute atomic E-state index is 10.4. The lowest BCUT2D eigenvalue weighted by molar-refractivity contribution is 0.332. The van der Waals surface area contributed by atoms with Crippen LogP contribution in [-0.2, 0) is 21.7 Å². The molecule has 5 heteroatoms. The fourth-order valence-electron chi connectivity index (χ4n) is 11.9. The summed E-state index contributed by atoms with van der Waals surface area (Å²) in [6.45, 7) is 21.3. The van der Waals surface area contributed by atoms with Crippen LogP contribution in [0, 0.1) is 0 Å². The monoisotopic (exact) mass is 1070 g/mol. The molecule has 0 radical (unpaired) electrons. The van der Waals surface area contributed by atoms with Gasteiger partial charge in [-0.3, -0.25) is 4.57 Å². The standard InChI is InChI=1S/C76H72N4O/c1-73(2,3)55-43-61(53-34-32-51(33-35-53)50-22-13-11-14-23-50)72(62(44-55)54-36-39-64-66(42-54)76(9,10)41-40-75(64,7)8)79-49-78(68-30-19-20-31-69(68)79)56-26-21-27-57(45-56)81-58-37-38-60-59-28-17-18-29-67(59)80(70(60)46-58)71-47-65(74(4,5)6)63(48-77-71)52-24-15-12-16-25-52/h11-39,42-48H,40-41,49H2,1-10H3/i12D,15D,16D,17D,18D,24D,25D,28D,29D,36D,39D,42D. The molecule has 0 unspecified atom stereocenters. The molecule has 0 fully saturated rings. The summed E-state index contributed by atoms with van der Waals surface area (Å²) in [5.74, 6) is 1.16. The summed E-state index contributed by atoms with van der Waals surface area (Å²) in [5.41, 5.74) is 10.9. The van der Waals surface area contributed by atoms with Gasteiger partial charge >= 0.3 is 0 Å². The zero-order chi connectivity index (χ0) is 66.4. The van der Waals surface area contributed by atoms with Crippen LogP contribution in [0.25, 0.3) is 72.1 Å². The Labute approximate surface area is 496 Å². The minimum atomic E-state index is -0.684. The summed E-state index contributed by atoms with van der Waals surface area (Å²) in [4.78, 5) is 9.40. The van der Waals surface area contributed by atoms with E-state index in [1.54, 1.807) is 28.8 Å². The van der Waals surface area contributed by atoms with Crippen LogP contribution in [0.3, 0.4) is 0 Å². The normalized spacial score (nSPS) is 16.9. The van der Waals surface area contributed by atoms with Gasteiger partial charge in [-0.2, -0.15) is 0 Å². The number of benzene rings is 9. The molecule has 5 nitrogen and oxygen atoms in total. The highest BCUT2D eigenvalue weighted by atomic mass is 16.5. The lowest BCUT2D eigenvalue weighted by Gasteiger charge is -2.42. The van der Waals surface area contributed by atoms with Crippen molar-refractivity contribution in [2.75, 3.05) is 16.5 Å². The zero-order valence-corrected chi connectivity index (χ0v) is 47.7. The first-order valence-electron chi connectivity index (χ1n) is 33.9. The molecule has 402 valence electrons. The average molecular weight is 1070 g/mol. The molecule has 11 aromatic rings. The van der Waals surface area contributed by atoms with Crippen molar-refractivity contribution in [3.05, 3.63) is 240 Å². The van der Waals surface area contributed by atoms with Gasteiger partial charge in [0.2, 0.25) is 0 Å². The van der Waals surface area contributed by atoms with E-state index in [1.165, 1.54) is 6.20 Å². The molecule has 0 N–H and O–H groups in total. The Hall–Kier alpha value is -8.67. The highest BCUT2D eigenvalue weighted by molar-refractivity contribution is 6.09. The summed E-state index contributed by atoms with van der Waals surface area (Å²) in [6, 6.07) is 43.4. The molecule has 9 aromatic carbocycles. The number of para-hydroxylation sites is 3. The summed E-state index contributed by atoms with van der Waals surface area (Å²) in [7, 11) is 0. The number of nitrogens with zero attached hydrogens (tertiary/aromatic N) is 4. The van der Waals surface area contributed by atoms with Crippen LogP contribution in [0.1, 0.15) is 121 Å². The third-order valence-corrected chi connectivity index (χ3v) is 16.5. The van der Waals surface area contributed by atoms with E-state index < -0.39 is 46.5 Å². The SMILES string of the molecule is [2H]c1c([2H])c([2H])c(-c2cnc(-n3c4cc(Oc5cccc(N6CN(c7c(-c8ccc(-c9ccccc9)cc8)cc(C(C)(C)C)cc7-c7c([2H])c([2H])c8c(c7[2H])C(C)(C)CCC8(C)C)c7ccccc76)c5)ccc4c4c([2H])c([2H])c([2H])c([2H])c43)cc2C(C)(C)C)c([2H])c1[2H]. The van der Waals surface area contributed by atoms with E-state index in [2.05, 4.69) is 119 Å². The van der Waals surface area contributed by atoms with E-state index in [9.17, 15) is 6.85 Å². The second kappa shape index (κ2) is 19.6. The molecular formula is C76H72N4O. The number of hydrogen-bond donors (Lipinski definition) is 0. The molecule has 1 aliphatic heterocycles. The smallest absolute Gasteiger partial charge is 0.137 e. The van der Waals surface area contributed by atoms with E-state index in [1.807, 2.05) is 75.4 Å². The van der Waals surface area contributed by atoms with Gasteiger partial charge in [0.15, 0.2) is 0 Å². The Bertz CT molecular complexity index is 4900. The van der Waals surface area contributed by atoms with Gasteiger partial charge in [0.1, 0.15) is 24.0 Å². The molecule has 3 heterocycles. The molecule has 13 rings (SSSR count). The molecule has 0 saturated heterocycles. The molecule has 0 atom stereocenters. The van der Waals surface area contributed by atoms with Gasteiger partial charge in [-0.15, -0.1) is 0 Å². The zero-order valence-electron chi connectivity index (χ0n) is 59.7. The molecule has 81 heavy (non-hydrogen) atoms. The second-order valence-corrected chi connectivity index (χ2v) is 25.0. The lowest BCUT2D eigenvalue weighted by Crippen LogP contribution is -2.33. The number of aromatic nitrogens is 2. The number of hydrogen-bond acceptors (Lipinski definition) is 4. The molecule has 0 bridgehead atoms. The fourth-order valence-corrected chi connectivity index (χ4v) is 11.9. The van der Waals surface area contributed by atoms with Gasteiger partial charge in [-0.05, 0) is 145 Å². The van der Waals surface area contributed by atoms with Crippen molar-refractivity contribution in [3.63, 3.8) is 0 Å². The largest absolute Gasteiger partial charge is 0.457 e. The summed E-state index contributed by atoms with van der Waals surface area (Å²) in [5, 5.41) is 0.788. The number of rotatable bonds is 9. The van der Waals surface area contributed by atoms with Gasteiger partial charge in [0.05, 0.1) is 44.5 Å². The molecule has 0 spiro atoms. The van der Waals surface area contributed by atoms with E-state index in [0.717, 1.165) is 74.5 Å². The van der Waals surface area contributed by atoms with Gasteiger partial charge in [-0.25, -0.2) is 4.98 Å². The Morgan fingerprint density at radius 1 is 0.494 bits per heavy atom. The first kappa shape index (κ1) is 39.7. The van der Waals surface area contributed by atoms with Crippen molar-refractivity contribution in [3.8, 4) is 61.8 Å². The van der Waals surface area contributed by atoms with Crippen LogP contribution in [0.2, 0.25) is 0 Å². The van der Waals surface area contributed by atoms with E-state index in [-0.39, 0.29) is 70.0 Å². The Morgan fingerprint density at radius 2 is 1.14 bits per heavy atom. The highest BCUT2D eigenvalue weighted by Gasteiger charge is 2.38. The van der Waals surface area contributed by atoms with Crippen molar-refractivity contribution < 1.29 is 21.2 Å². The van der Waals surface area contributed by atoms with Crippen molar-refractivity contribution >= 4 is 44.6 Å². The van der Waals surface area contributed by atoms with E-state index >= 15 is 0 Å². The van der Waals surface area contributed by atoms with Crippen LogP contribution in [0.4, 0.5) is 22.7 Å². The maximum Gasteiger partial charge on any atom is 0.137 e. The number of anilines is 4.